The molecule has 3 heteroatoms. The molecule has 0 aromatic heterocycles. The summed E-state index contributed by atoms with van der Waals surface area (Å²) in [6, 6.07) is 0. The van der Waals surface area contributed by atoms with Gasteiger partial charge < -0.3 is 4.74 Å². The zero-order valence-corrected chi connectivity index (χ0v) is 18.7. The van der Waals surface area contributed by atoms with Gasteiger partial charge in [0.1, 0.15) is 11.4 Å². The van der Waals surface area contributed by atoms with E-state index in [-0.39, 0.29) is 23.2 Å². The highest BCUT2D eigenvalue weighted by Crippen LogP contribution is 2.44. The quantitative estimate of drug-likeness (QED) is 0.559. The third-order valence-electron chi connectivity index (χ3n) is 6.57. The van der Waals surface area contributed by atoms with E-state index in [1.54, 1.807) is 0 Å². The predicted octanol–water partition coefficient (Wildman–Crippen LogP) is 6.07. The predicted molar refractivity (Wildman–Crippen MR) is 113 cm³/mol. The molecule has 0 aromatic carbocycles. The summed E-state index contributed by atoms with van der Waals surface area (Å²) in [7, 11) is 0. The minimum Gasteiger partial charge on any atom is -0.360 e. The number of carbonyl (C=O) groups excluding carboxylic acids is 2. The second kappa shape index (κ2) is 9.82. The average molecular weight is 377 g/mol. The lowest BCUT2D eigenvalue weighted by atomic mass is 9.62. The van der Waals surface area contributed by atoms with Crippen LogP contribution >= 0.6 is 0 Å². The Labute approximate surface area is 166 Å². The molecule has 4 atom stereocenters. The minimum atomic E-state index is -0.577. The summed E-state index contributed by atoms with van der Waals surface area (Å²) in [5.41, 5.74) is 0.710. The average Bonchev–Trinajstić information content (AvgIpc) is 2.89. The zero-order valence-electron chi connectivity index (χ0n) is 18.7. The Kier molecular flexibility index (Phi) is 8.66. The van der Waals surface area contributed by atoms with Crippen LogP contribution in [-0.4, -0.2) is 23.3 Å². The van der Waals surface area contributed by atoms with Crippen molar-refractivity contribution in [2.45, 2.75) is 99.2 Å². The van der Waals surface area contributed by atoms with Gasteiger partial charge in [-0.25, -0.2) is 0 Å². The Morgan fingerprint density at radius 1 is 1.22 bits per heavy atom. The third kappa shape index (κ3) is 5.88. The van der Waals surface area contributed by atoms with Crippen LogP contribution in [0, 0.1) is 17.3 Å². The van der Waals surface area contributed by atoms with Crippen molar-refractivity contribution < 1.29 is 14.3 Å². The molecule has 4 unspecified atom stereocenters. The molecule has 0 bridgehead atoms. The number of hydrogen-bond donors (Lipinski definition) is 0. The van der Waals surface area contributed by atoms with Crippen molar-refractivity contribution in [2.24, 2.45) is 17.3 Å². The van der Waals surface area contributed by atoms with Crippen LogP contribution in [0.5, 0.6) is 0 Å². The maximum absolute atomic E-state index is 11.6. The number of Topliss-reactive ketones (excluding diaryl/α,β-unsaturated/α-hetero) is 2. The summed E-state index contributed by atoms with van der Waals surface area (Å²) in [5.74, 6) is 1.45. The standard InChI is InChI=1S/C12H20O2.C12H20O/c1-5-6-7-9(2)10-8-11(13)12(3,4)14-10;1-5-8-12(4)9(2)6-7-11(13)10(12)3/h7,10H,5-6,8H2,1-4H3;5,8-10H,6-7H2,1-4H3/b9-7+;8-5+. The first-order valence-corrected chi connectivity index (χ1v) is 10.5. The normalized spacial score (nSPS) is 33.9. The summed E-state index contributed by atoms with van der Waals surface area (Å²) in [6.07, 6.45) is 11.0. The molecule has 1 aliphatic heterocycles. The van der Waals surface area contributed by atoms with Gasteiger partial charge >= 0.3 is 0 Å². The SMILES string of the molecule is C/C=C/C1(C)C(C)CCC(=O)C1C.CCC/C=C(\C)C1CC(=O)C(C)(C)O1. The number of carbonyl (C=O) groups is 2. The zero-order chi connectivity index (χ0) is 20.8. The van der Waals surface area contributed by atoms with E-state index in [1.165, 1.54) is 5.57 Å². The fourth-order valence-corrected chi connectivity index (χ4v) is 3.96. The van der Waals surface area contributed by atoms with E-state index in [0.717, 1.165) is 25.7 Å². The lowest BCUT2D eigenvalue weighted by Gasteiger charge is -2.41. The van der Waals surface area contributed by atoms with Crippen molar-refractivity contribution in [1.29, 1.82) is 0 Å². The number of rotatable bonds is 4. The largest absolute Gasteiger partial charge is 0.360 e. The van der Waals surface area contributed by atoms with Gasteiger partial charge in [0, 0.05) is 18.8 Å². The molecule has 1 saturated carbocycles. The van der Waals surface area contributed by atoms with Crippen LogP contribution in [0.4, 0.5) is 0 Å². The van der Waals surface area contributed by atoms with Gasteiger partial charge in [-0.1, -0.05) is 52.3 Å². The molecule has 1 aliphatic carbocycles. The smallest absolute Gasteiger partial charge is 0.167 e. The van der Waals surface area contributed by atoms with Gasteiger partial charge in [0.15, 0.2) is 5.78 Å². The molecule has 2 rings (SSSR count). The summed E-state index contributed by atoms with van der Waals surface area (Å²) < 4.78 is 5.70. The molecule has 2 fully saturated rings. The van der Waals surface area contributed by atoms with E-state index in [0.29, 0.717) is 18.1 Å². The maximum Gasteiger partial charge on any atom is 0.167 e. The van der Waals surface area contributed by atoms with Crippen LogP contribution in [0.15, 0.2) is 23.8 Å². The van der Waals surface area contributed by atoms with Gasteiger partial charge in [0.05, 0.1) is 6.10 Å². The van der Waals surface area contributed by atoms with Crippen LogP contribution in [0.1, 0.15) is 87.5 Å². The summed E-state index contributed by atoms with van der Waals surface area (Å²) >= 11 is 0. The molecule has 3 nitrogen and oxygen atoms in total. The van der Waals surface area contributed by atoms with E-state index in [1.807, 2.05) is 20.8 Å². The Bertz CT molecular complexity index is 584. The highest BCUT2D eigenvalue weighted by atomic mass is 16.5. The summed E-state index contributed by atoms with van der Waals surface area (Å²) in [5, 5.41) is 0. The van der Waals surface area contributed by atoms with Crippen LogP contribution in [0.3, 0.4) is 0 Å². The van der Waals surface area contributed by atoms with Crippen molar-refractivity contribution in [3.63, 3.8) is 0 Å². The van der Waals surface area contributed by atoms with Crippen LogP contribution in [0.2, 0.25) is 0 Å². The van der Waals surface area contributed by atoms with Gasteiger partial charge in [-0.15, -0.1) is 0 Å². The minimum absolute atomic E-state index is 0.0176. The molecule has 0 aromatic rings. The van der Waals surface area contributed by atoms with Gasteiger partial charge in [0.2, 0.25) is 0 Å². The Morgan fingerprint density at radius 3 is 2.33 bits per heavy atom. The molecule has 0 radical (unpaired) electrons. The van der Waals surface area contributed by atoms with Gasteiger partial charge in [-0.3, -0.25) is 9.59 Å². The van der Waals surface area contributed by atoms with Gasteiger partial charge in [-0.05, 0) is 57.4 Å². The molecule has 2 aliphatic rings. The molecule has 1 heterocycles. The van der Waals surface area contributed by atoms with Crippen molar-refractivity contribution in [1.82, 2.24) is 0 Å². The summed E-state index contributed by atoms with van der Waals surface area (Å²) in [6.45, 7) is 16.5. The lowest BCUT2D eigenvalue weighted by Crippen LogP contribution is -2.39. The van der Waals surface area contributed by atoms with Crippen molar-refractivity contribution in [3.8, 4) is 0 Å². The number of unbranched alkanes of at least 4 members (excludes halogenated alkanes) is 1. The van der Waals surface area contributed by atoms with E-state index in [9.17, 15) is 9.59 Å². The van der Waals surface area contributed by atoms with Crippen LogP contribution in [-0.2, 0) is 14.3 Å². The highest BCUT2D eigenvalue weighted by Gasteiger charge is 2.41. The van der Waals surface area contributed by atoms with Gasteiger partial charge in [0.25, 0.3) is 0 Å². The number of hydrogen-bond acceptors (Lipinski definition) is 3. The molecule has 0 N–H and O–H groups in total. The molecule has 0 amide bonds. The molecular weight excluding hydrogens is 336 g/mol. The monoisotopic (exact) mass is 376 g/mol. The van der Waals surface area contributed by atoms with Crippen molar-refractivity contribution in [2.75, 3.05) is 0 Å². The van der Waals surface area contributed by atoms with Crippen molar-refractivity contribution in [3.05, 3.63) is 23.8 Å². The topological polar surface area (TPSA) is 43.4 Å². The van der Waals surface area contributed by atoms with Crippen molar-refractivity contribution >= 4 is 11.6 Å². The first-order valence-electron chi connectivity index (χ1n) is 10.5. The Balaban J connectivity index is 0.000000271. The van der Waals surface area contributed by atoms with Crippen LogP contribution < -0.4 is 0 Å². The second-order valence-electron chi connectivity index (χ2n) is 8.97. The third-order valence-corrected chi connectivity index (χ3v) is 6.57. The molecule has 27 heavy (non-hydrogen) atoms. The fraction of sp³-hybridized carbons (Fsp3) is 0.750. The highest BCUT2D eigenvalue weighted by molar-refractivity contribution is 5.89. The fourth-order valence-electron chi connectivity index (χ4n) is 3.96. The van der Waals surface area contributed by atoms with E-state index < -0.39 is 5.60 Å². The Morgan fingerprint density at radius 2 is 1.85 bits per heavy atom. The molecule has 154 valence electrons. The number of ketones is 2. The summed E-state index contributed by atoms with van der Waals surface area (Å²) in [4.78, 5) is 23.1. The van der Waals surface area contributed by atoms with E-state index >= 15 is 0 Å². The van der Waals surface area contributed by atoms with Gasteiger partial charge in [-0.2, -0.15) is 0 Å². The second-order valence-corrected chi connectivity index (χ2v) is 8.97. The number of allylic oxidation sites excluding steroid dienone is 3. The Hall–Kier alpha value is -1.22. The van der Waals surface area contributed by atoms with Crippen LogP contribution in [0.25, 0.3) is 0 Å². The molecule has 1 saturated heterocycles. The molecule has 0 spiro atoms. The number of ether oxygens (including phenoxy) is 1. The van der Waals surface area contributed by atoms with E-state index in [4.69, 9.17) is 4.74 Å². The lowest BCUT2D eigenvalue weighted by molar-refractivity contribution is -0.130. The first-order chi connectivity index (χ1) is 12.5. The molecular formula is C24H40O3. The first kappa shape index (κ1) is 23.8. The maximum atomic E-state index is 11.6. The van der Waals surface area contributed by atoms with E-state index in [2.05, 4.69) is 52.8 Å².